The van der Waals surface area contributed by atoms with E-state index in [1.54, 1.807) is 18.9 Å². The molecule has 7 heteroatoms. The van der Waals surface area contributed by atoms with Crippen molar-refractivity contribution in [2.24, 2.45) is 5.92 Å². The smallest absolute Gasteiger partial charge is 0.387 e. The second kappa shape index (κ2) is 7.70. The van der Waals surface area contributed by atoms with E-state index in [4.69, 9.17) is 0 Å². The van der Waals surface area contributed by atoms with Crippen LogP contribution in [0.2, 0.25) is 0 Å². The summed E-state index contributed by atoms with van der Waals surface area (Å²) in [5, 5.41) is 12.6. The molecule has 1 aliphatic carbocycles. The number of aliphatic hydroxyl groups is 1. The van der Waals surface area contributed by atoms with E-state index >= 15 is 0 Å². The van der Waals surface area contributed by atoms with Crippen LogP contribution in [0.5, 0.6) is 5.75 Å². The first-order valence-electron chi connectivity index (χ1n) is 7.61. The van der Waals surface area contributed by atoms with Crippen LogP contribution in [0.3, 0.4) is 0 Å². The number of nitrogens with zero attached hydrogens (tertiary/aromatic N) is 1. The molecule has 1 aromatic carbocycles. The third-order valence-electron chi connectivity index (χ3n) is 4.03. The minimum atomic E-state index is -2.87. The van der Waals surface area contributed by atoms with Gasteiger partial charge < -0.3 is 15.2 Å². The van der Waals surface area contributed by atoms with Gasteiger partial charge in [0.2, 0.25) is 5.91 Å². The summed E-state index contributed by atoms with van der Waals surface area (Å²) in [5.41, 5.74) is 0.500. The van der Waals surface area contributed by atoms with Crippen molar-refractivity contribution in [1.29, 1.82) is 0 Å². The lowest BCUT2D eigenvalue weighted by Gasteiger charge is -2.26. The number of carbonyl (C=O) groups is 1. The van der Waals surface area contributed by atoms with Crippen molar-refractivity contribution in [3.63, 3.8) is 0 Å². The lowest BCUT2D eigenvalue weighted by molar-refractivity contribution is -0.120. The number of hydrogen-bond acceptors (Lipinski definition) is 4. The molecule has 0 radical (unpaired) electrons. The Morgan fingerprint density at radius 2 is 2.00 bits per heavy atom. The molecular weight excluding hydrogens is 306 g/mol. The summed E-state index contributed by atoms with van der Waals surface area (Å²) in [7, 11) is 1.79. The Balaban J connectivity index is 1.84. The zero-order chi connectivity index (χ0) is 17.0. The predicted octanol–water partition coefficient (Wildman–Crippen LogP) is 2.32. The molecule has 1 amide bonds. The largest absolute Gasteiger partial charge is 0.435 e. The maximum atomic E-state index is 12.2. The summed E-state index contributed by atoms with van der Waals surface area (Å²) in [6.07, 6.45) is 1.69. The highest BCUT2D eigenvalue weighted by Gasteiger charge is 2.31. The highest BCUT2D eigenvalue weighted by Crippen LogP contribution is 2.32. The van der Waals surface area contributed by atoms with Gasteiger partial charge in [-0.1, -0.05) is 0 Å². The summed E-state index contributed by atoms with van der Waals surface area (Å²) in [6, 6.07) is 5.32. The number of halogens is 2. The standard InChI is InChI=1S/C16H22F2N2O3/c1-10(20(2)9-14(21)11-3-4-11)15(22)19-12-5-7-13(8-6-12)23-16(17)18/h5-8,10-11,14,16,21H,3-4,9H2,1-2H3,(H,19,22). The summed E-state index contributed by atoms with van der Waals surface area (Å²) in [5.74, 6) is 0.170. The topological polar surface area (TPSA) is 61.8 Å². The zero-order valence-corrected chi connectivity index (χ0v) is 13.2. The maximum Gasteiger partial charge on any atom is 0.387 e. The average Bonchev–Trinajstić information content (AvgIpc) is 3.32. The van der Waals surface area contributed by atoms with Crippen LogP contribution in [-0.4, -0.2) is 48.3 Å². The minimum Gasteiger partial charge on any atom is -0.435 e. The van der Waals surface area contributed by atoms with Crippen molar-refractivity contribution in [3.05, 3.63) is 24.3 Å². The molecular formula is C16H22F2N2O3. The molecule has 0 bridgehead atoms. The normalized spacial score (nSPS) is 17.2. The third-order valence-corrected chi connectivity index (χ3v) is 4.03. The lowest BCUT2D eigenvalue weighted by Crippen LogP contribution is -2.43. The van der Waals surface area contributed by atoms with Gasteiger partial charge in [0.15, 0.2) is 0 Å². The number of rotatable bonds is 8. The van der Waals surface area contributed by atoms with E-state index in [9.17, 15) is 18.7 Å². The fourth-order valence-electron chi connectivity index (χ4n) is 2.25. The number of carbonyl (C=O) groups excluding carboxylic acids is 1. The van der Waals surface area contributed by atoms with E-state index in [2.05, 4.69) is 10.1 Å². The molecule has 1 aromatic rings. The molecule has 0 heterocycles. The molecule has 2 unspecified atom stereocenters. The maximum absolute atomic E-state index is 12.2. The van der Waals surface area contributed by atoms with Gasteiger partial charge in [0, 0.05) is 12.2 Å². The molecule has 0 aromatic heterocycles. The van der Waals surface area contributed by atoms with Gasteiger partial charge >= 0.3 is 6.61 Å². The Kier molecular flexibility index (Phi) is 5.90. The summed E-state index contributed by atoms with van der Waals surface area (Å²) in [6.45, 7) is -0.675. The highest BCUT2D eigenvalue weighted by molar-refractivity contribution is 5.94. The molecule has 1 aliphatic rings. The molecule has 0 saturated heterocycles. The first kappa shape index (κ1) is 17.6. The van der Waals surface area contributed by atoms with Gasteiger partial charge in [-0.15, -0.1) is 0 Å². The van der Waals surface area contributed by atoms with Gasteiger partial charge in [-0.2, -0.15) is 8.78 Å². The SMILES string of the molecule is CC(C(=O)Nc1ccc(OC(F)F)cc1)N(C)CC(O)C1CC1. The van der Waals surface area contributed by atoms with Crippen LogP contribution in [0.15, 0.2) is 24.3 Å². The van der Waals surface area contributed by atoms with Gasteiger partial charge in [-0.3, -0.25) is 9.69 Å². The predicted molar refractivity (Wildman–Crippen MR) is 82.5 cm³/mol. The Morgan fingerprint density at radius 3 is 2.52 bits per heavy atom. The molecule has 0 spiro atoms. The first-order valence-corrected chi connectivity index (χ1v) is 7.61. The molecule has 1 fully saturated rings. The van der Waals surface area contributed by atoms with Gasteiger partial charge in [0.1, 0.15) is 5.75 Å². The van der Waals surface area contributed by atoms with Crippen molar-refractivity contribution in [2.45, 2.75) is 38.5 Å². The second-order valence-electron chi connectivity index (χ2n) is 5.91. The van der Waals surface area contributed by atoms with Crippen molar-refractivity contribution < 1.29 is 23.4 Å². The number of benzene rings is 1. The first-order chi connectivity index (χ1) is 10.9. The van der Waals surface area contributed by atoms with Crippen molar-refractivity contribution >= 4 is 11.6 Å². The van der Waals surface area contributed by atoms with E-state index < -0.39 is 18.8 Å². The molecule has 2 rings (SSSR count). The van der Waals surface area contributed by atoms with Crippen molar-refractivity contribution in [1.82, 2.24) is 4.90 Å². The summed E-state index contributed by atoms with van der Waals surface area (Å²) in [4.78, 5) is 14.0. The fourth-order valence-corrected chi connectivity index (χ4v) is 2.25. The minimum absolute atomic E-state index is 0.0377. The second-order valence-corrected chi connectivity index (χ2v) is 5.91. The lowest BCUT2D eigenvalue weighted by atomic mass is 10.2. The summed E-state index contributed by atoms with van der Waals surface area (Å²) < 4.78 is 28.4. The van der Waals surface area contributed by atoms with Gasteiger partial charge in [-0.25, -0.2) is 0 Å². The van der Waals surface area contributed by atoms with Crippen LogP contribution in [0, 0.1) is 5.92 Å². The third kappa shape index (κ3) is 5.44. The van der Waals surface area contributed by atoms with Crippen molar-refractivity contribution in [2.75, 3.05) is 18.9 Å². The van der Waals surface area contributed by atoms with Gasteiger partial charge in [0.25, 0.3) is 0 Å². The quantitative estimate of drug-likeness (QED) is 0.769. The number of anilines is 1. The van der Waals surface area contributed by atoms with E-state index in [0.717, 1.165) is 12.8 Å². The van der Waals surface area contributed by atoms with E-state index in [1.807, 2.05) is 0 Å². The van der Waals surface area contributed by atoms with Gasteiger partial charge in [0.05, 0.1) is 12.1 Å². The van der Waals surface area contributed by atoms with Crippen LogP contribution in [0.1, 0.15) is 19.8 Å². The van der Waals surface area contributed by atoms with E-state index in [-0.39, 0.29) is 11.7 Å². The Bertz CT molecular complexity index is 521. The molecule has 5 nitrogen and oxygen atoms in total. The number of hydrogen-bond donors (Lipinski definition) is 2. The van der Waals surface area contributed by atoms with Crippen LogP contribution < -0.4 is 10.1 Å². The fraction of sp³-hybridized carbons (Fsp3) is 0.562. The number of likely N-dealkylation sites (N-methyl/N-ethyl adjacent to an activating group) is 1. The number of nitrogens with one attached hydrogen (secondary N) is 1. The van der Waals surface area contributed by atoms with Crippen LogP contribution >= 0.6 is 0 Å². The Morgan fingerprint density at radius 1 is 1.39 bits per heavy atom. The number of alkyl halides is 2. The number of aliphatic hydroxyl groups excluding tert-OH is 1. The van der Waals surface area contributed by atoms with E-state index in [0.29, 0.717) is 18.2 Å². The Labute approximate surface area is 134 Å². The monoisotopic (exact) mass is 328 g/mol. The average molecular weight is 328 g/mol. The summed E-state index contributed by atoms with van der Waals surface area (Å²) >= 11 is 0. The molecule has 1 saturated carbocycles. The molecule has 2 atom stereocenters. The molecule has 128 valence electrons. The van der Waals surface area contributed by atoms with Crippen molar-refractivity contribution in [3.8, 4) is 5.75 Å². The molecule has 2 N–H and O–H groups in total. The number of ether oxygens (including phenoxy) is 1. The van der Waals surface area contributed by atoms with Crippen LogP contribution in [0.25, 0.3) is 0 Å². The number of amides is 1. The zero-order valence-electron chi connectivity index (χ0n) is 13.2. The van der Waals surface area contributed by atoms with Crippen LogP contribution in [-0.2, 0) is 4.79 Å². The highest BCUT2D eigenvalue weighted by atomic mass is 19.3. The van der Waals surface area contributed by atoms with E-state index in [1.165, 1.54) is 24.3 Å². The van der Waals surface area contributed by atoms with Crippen LogP contribution in [0.4, 0.5) is 14.5 Å². The van der Waals surface area contributed by atoms with Gasteiger partial charge in [-0.05, 0) is 57.0 Å². The Hall–Kier alpha value is -1.73. The molecule has 0 aliphatic heterocycles. The molecule has 23 heavy (non-hydrogen) atoms.